The SMILES string of the molecule is CCN1CC(=O)N[C@H]2CN(C(=O)CO)CC[C@@H]2OCc2cccc(c2)Oc2cccc(c2)CC1=O. The third kappa shape index (κ3) is 6.37. The average Bonchev–Trinajstić information content (AvgIpc) is 2.86. The van der Waals surface area contributed by atoms with E-state index in [4.69, 9.17) is 9.47 Å². The molecule has 2 heterocycles. The van der Waals surface area contributed by atoms with E-state index in [9.17, 15) is 19.5 Å². The van der Waals surface area contributed by atoms with Crippen LogP contribution < -0.4 is 10.1 Å². The molecule has 2 aliphatic rings. The van der Waals surface area contributed by atoms with Crippen LogP contribution in [-0.2, 0) is 32.1 Å². The summed E-state index contributed by atoms with van der Waals surface area (Å²) in [5, 5.41) is 12.2. The number of piperidine rings is 1. The molecule has 2 atom stereocenters. The van der Waals surface area contributed by atoms with Crippen LogP contribution in [0.5, 0.6) is 11.5 Å². The lowest BCUT2D eigenvalue weighted by Gasteiger charge is -2.38. The fourth-order valence-corrected chi connectivity index (χ4v) is 4.44. The number of nitrogens with one attached hydrogen (secondary N) is 1. The quantitative estimate of drug-likeness (QED) is 0.673. The van der Waals surface area contributed by atoms with Crippen LogP contribution in [0.3, 0.4) is 0 Å². The molecule has 3 amide bonds. The number of carbonyl (C=O) groups is 3. The number of fused-ring (bicyclic) bond motifs is 5. The molecule has 2 aromatic carbocycles. The van der Waals surface area contributed by atoms with Crippen molar-refractivity contribution < 1.29 is 29.0 Å². The molecule has 4 bridgehead atoms. The Kier molecular flexibility index (Phi) is 7.99. The van der Waals surface area contributed by atoms with E-state index < -0.39 is 18.6 Å². The predicted molar refractivity (Wildman–Crippen MR) is 128 cm³/mol. The molecule has 1 saturated heterocycles. The smallest absolute Gasteiger partial charge is 0.248 e. The number of ether oxygens (including phenoxy) is 2. The number of aliphatic hydroxyl groups is 1. The van der Waals surface area contributed by atoms with E-state index in [1.54, 1.807) is 0 Å². The first-order valence-corrected chi connectivity index (χ1v) is 11.9. The Balaban J connectivity index is 1.61. The standard InChI is InChI=1S/C26H31N3O6/c1-2-28-15-24(31)27-22-14-29(26(33)16-30)10-9-23(22)34-17-19-6-4-8-21(12-19)35-20-7-3-5-18(11-20)13-25(28)32/h3-8,11-12,22-23,30H,2,9-10,13-17H2,1H3,(H,27,31)/t22-,23-/m0/s1. The summed E-state index contributed by atoms with van der Waals surface area (Å²) >= 11 is 0. The van der Waals surface area contributed by atoms with Crippen LogP contribution in [-0.4, -0.2) is 77.6 Å². The Morgan fingerprint density at radius 3 is 2.54 bits per heavy atom. The largest absolute Gasteiger partial charge is 0.457 e. The van der Waals surface area contributed by atoms with E-state index in [-0.39, 0.29) is 37.4 Å². The second-order valence-corrected chi connectivity index (χ2v) is 8.79. The summed E-state index contributed by atoms with van der Waals surface area (Å²) in [6.45, 7) is 2.49. The molecule has 2 N–H and O–H groups in total. The van der Waals surface area contributed by atoms with Gasteiger partial charge >= 0.3 is 0 Å². The fourth-order valence-electron chi connectivity index (χ4n) is 4.44. The lowest BCUT2D eigenvalue weighted by molar-refractivity contribution is -0.140. The maximum Gasteiger partial charge on any atom is 0.248 e. The van der Waals surface area contributed by atoms with Crippen LogP contribution in [0, 0.1) is 0 Å². The molecule has 9 heteroatoms. The first-order valence-electron chi connectivity index (χ1n) is 11.9. The first kappa shape index (κ1) is 24.7. The van der Waals surface area contributed by atoms with E-state index in [0.717, 1.165) is 11.1 Å². The number of hydrogen-bond donors (Lipinski definition) is 2. The number of hydrogen-bond acceptors (Lipinski definition) is 6. The van der Waals surface area contributed by atoms with Gasteiger partial charge in [0.15, 0.2) is 0 Å². The molecule has 0 spiro atoms. The predicted octanol–water partition coefficient (Wildman–Crippen LogP) is 1.48. The Bertz CT molecular complexity index is 1070. The highest BCUT2D eigenvalue weighted by molar-refractivity contribution is 5.86. The number of carbonyl (C=O) groups excluding carboxylic acids is 3. The van der Waals surface area contributed by atoms with Crippen molar-refractivity contribution in [3.8, 4) is 11.5 Å². The van der Waals surface area contributed by atoms with Crippen molar-refractivity contribution in [1.29, 1.82) is 0 Å². The third-order valence-corrected chi connectivity index (χ3v) is 6.30. The van der Waals surface area contributed by atoms with Gasteiger partial charge in [-0.15, -0.1) is 0 Å². The number of likely N-dealkylation sites (tertiary alicyclic amines) is 1. The van der Waals surface area contributed by atoms with E-state index in [2.05, 4.69) is 5.32 Å². The Labute approximate surface area is 204 Å². The maximum atomic E-state index is 12.9. The van der Waals surface area contributed by atoms with Gasteiger partial charge < -0.3 is 29.7 Å². The van der Waals surface area contributed by atoms with Gasteiger partial charge in [0.1, 0.15) is 18.1 Å². The minimum Gasteiger partial charge on any atom is -0.457 e. The summed E-state index contributed by atoms with van der Waals surface area (Å²) in [6.07, 6.45) is 0.323. The zero-order valence-corrected chi connectivity index (χ0v) is 19.8. The molecule has 9 nitrogen and oxygen atoms in total. The Morgan fingerprint density at radius 2 is 1.83 bits per heavy atom. The van der Waals surface area contributed by atoms with Crippen molar-refractivity contribution >= 4 is 17.7 Å². The van der Waals surface area contributed by atoms with Crippen molar-refractivity contribution in [2.75, 3.05) is 32.8 Å². The summed E-state index contributed by atoms with van der Waals surface area (Å²) < 4.78 is 12.2. The lowest BCUT2D eigenvalue weighted by Crippen LogP contribution is -2.58. The van der Waals surface area contributed by atoms with Crippen LogP contribution in [0.15, 0.2) is 48.5 Å². The number of likely N-dealkylation sites (N-methyl/N-ethyl adjacent to an activating group) is 1. The molecule has 35 heavy (non-hydrogen) atoms. The molecule has 0 radical (unpaired) electrons. The zero-order valence-electron chi connectivity index (χ0n) is 19.8. The number of aliphatic hydroxyl groups excluding tert-OH is 1. The summed E-state index contributed by atoms with van der Waals surface area (Å²) in [4.78, 5) is 41.0. The van der Waals surface area contributed by atoms with Gasteiger partial charge in [-0.25, -0.2) is 0 Å². The molecular formula is C26H31N3O6. The molecule has 0 aromatic heterocycles. The zero-order chi connectivity index (χ0) is 24.8. The number of rotatable bonds is 2. The molecule has 1 fully saturated rings. The topological polar surface area (TPSA) is 108 Å². The first-order chi connectivity index (χ1) is 16.9. The Morgan fingerprint density at radius 1 is 1.11 bits per heavy atom. The van der Waals surface area contributed by atoms with Crippen LogP contribution in [0.1, 0.15) is 24.5 Å². The van der Waals surface area contributed by atoms with E-state index in [1.807, 2.05) is 55.5 Å². The van der Waals surface area contributed by atoms with Crippen molar-refractivity contribution in [1.82, 2.24) is 15.1 Å². The number of nitrogens with zero attached hydrogens (tertiary/aromatic N) is 2. The van der Waals surface area contributed by atoms with Crippen molar-refractivity contribution in [2.24, 2.45) is 0 Å². The monoisotopic (exact) mass is 481 g/mol. The fraction of sp³-hybridized carbons (Fsp3) is 0.423. The molecule has 186 valence electrons. The van der Waals surface area contributed by atoms with Crippen molar-refractivity contribution in [3.63, 3.8) is 0 Å². The second kappa shape index (κ2) is 11.3. The van der Waals surface area contributed by atoms with Crippen LogP contribution in [0.4, 0.5) is 0 Å². The third-order valence-electron chi connectivity index (χ3n) is 6.30. The van der Waals surface area contributed by atoms with Gasteiger partial charge in [0.05, 0.1) is 31.7 Å². The summed E-state index contributed by atoms with van der Waals surface area (Å²) in [5.41, 5.74) is 1.70. The van der Waals surface area contributed by atoms with Gasteiger partial charge in [-0.3, -0.25) is 14.4 Å². The number of amides is 3. The Hall–Kier alpha value is -3.43. The van der Waals surface area contributed by atoms with Gasteiger partial charge in [-0.2, -0.15) is 0 Å². The molecule has 0 unspecified atom stereocenters. The van der Waals surface area contributed by atoms with Crippen molar-refractivity contribution in [3.05, 3.63) is 59.7 Å². The highest BCUT2D eigenvalue weighted by Crippen LogP contribution is 2.25. The van der Waals surface area contributed by atoms with Crippen LogP contribution in [0.25, 0.3) is 0 Å². The van der Waals surface area contributed by atoms with Gasteiger partial charge in [0.25, 0.3) is 0 Å². The van der Waals surface area contributed by atoms with Crippen molar-refractivity contribution in [2.45, 2.75) is 38.5 Å². The minimum absolute atomic E-state index is 0.0938. The lowest BCUT2D eigenvalue weighted by atomic mass is 10.0. The highest BCUT2D eigenvalue weighted by atomic mass is 16.5. The van der Waals surface area contributed by atoms with E-state index >= 15 is 0 Å². The normalized spacial score (nSPS) is 21.4. The maximum absolute atomic E-state index is 12.9. The van der Waals surface area contributed by atoms with Gasteiger partial charge in [-0.1, -0.05) is 24.3 Å². The average molecular weight is 482 g/mol. The molecule has 4 rings (SSSR count). The summed E-state index contributed by atoms with van der Waals surface area (Å²) in [5.74, 6) is 0.403. The highest BCUT2D eigenvalue weighted by Gasteiger charge is 2.33. The molecule has 2 aromatic rings. The van der Waals surface area contributed by atoms with Gasteiger partial charge in [0.2, 0.25) is 17.7 Å². The summed E-state index contributed by atoms with van der Waals surface area (Å²) in [6, 6.07) is 14.5. The van der Waals surface area contributed by atoms with Crippen LogP contribution >= 0.6 is 0 Å². The van der Waals surface area contributed by atoms with E-state index in [1.165, 1.54) is 9.80 Å². The number of benzene rings is 2. The van der Waals surface area contributed by atoms with Crippen LogP contribution in [0.2, 0.25) is 0 Å². The van der Waals surface area contributed by atoms with Gasteiger partial charge in [-0.05, 0) is 48.7 Å². The summed E-state index contributed by atoms with van der Waals surface area (Å²) in [7, 11) is 0. The second-order valence-electron chi connectivity index (χ2n) is 8.79. The molecule has 2 aliphatic heterocycles. The minimum atomic E-state index is -0.585. The van der Waals surface area contributed by atoms with E-state index in [0.29, 0.717) is 37.6 Å². The molecule has 0 aliphatic carbocycles. The van der Waals surface area contributed by atoms with Gasteiger partial charge in [0, 0.05) is 19.6 Å². The molecular weight excluding hydrogens is 450 g/mol. The molecule has 0 saturated carbocycles.